The molecule has 7 nitrogen and oxygen atoms in total. The van der Waals surface area contributed by atoms with Crippen molar-refractivity contribution in [3.63, 3.8) is 0 Å². The predicted octanol–water partition coefficient (Wildman–Crippen LogP) is 4.20. The number of carbonyl (C=O) groups excluding carboxylic acids is 1. The number of aromatic nitrogens is 1. The molecule has 1 amide bonds. The summed E-state index contributed by atoms with van der Waals surface area (Å²) in [6, 6.07) is 7.78. The second-order valence-corrected chi connectivity index (χ2v) is 9.45. The van der Waals surface area contributed by atoms with Crippen LogP contribution in [0.2, 0.25) is 0 Å². The van der Waals surface area contributed by atoms with Gasteiger partial charge in [0.15, 0.2) is 0 Å². The summed E-state index contributed by atoms with van der Waals surface area (Å²) in [5.41, 5.74) is 2.24. The smallest absolute Gasteiger partial charge is 0.248 e. The Labute approximate surface area is 208 Å². The molecule has 8 heteroatoms. The molecular formula is C26H39N3O4S. The van der Waals surface area contributed by atoms with E-state index in [1.165, 1.54) is 16.0 Å². The van der Waals surface area contributed by atoms with E-state index in [1.807, 2.05) is 45.2 Å². The molecule has 34 heavy (non-hydrogen) atoms. The third kappa shape index (κ3) is 7.70. The zero-order valence-electron chi connectivity index (χ0n) is 21.3. The third-order valence-corrected chi connectivity index (χ3v) is 7.16. The molecule has 0 unspecified atom stereocenters. The van der Waals surface area contributed by atoms with Crippen molar-refractivity contribution in [2.45, 2.75) is 51.0 Å². The van der Waals surface area contributed by atoms with Crippen LogP contribution in [0.25, 0.3) is 0 Å². The van der Waals surface area contributed by atoms with E-state index in [1.54, 1.807) is 36.4 Å². The molecule has 2 aromatic rings. The lowest BCUT2D eigenvalue weighted by atomic mass is 9.85. The highest BCUT2D eigenvalue weighted by molar-refractivity contribution is 7.97. The number of likely N-dealkylation sites (N-methyl/N-ethyl adjacent to an activating group) is 1. The number of benzene rings is 1. The number of aryl methyl sites for hydroxylation is 2. The first-order chi connectivity index (χ1) is 16.3. The van der Waals surface area contributed by atoms with Crippen LogP contribution < -0.4 is 4.74 Å². The van der Waals surface area contributed by atoms with Crippen LogP contribution in [0.1, 0.15) is 43.4 Å². The molecule has 0 aliphatic carbocycles. The summed E-state index contributed by atoms with van der Waals surface area (Å²) < 4.78 is 13.1. The van der Waals surface area contributed by atoms with Gasteiger partial charge in [-0.15, -0.1) is 0 Å². The maximum atomic E-state index is 12.5. The normalized spacial score (nSPS) is 15.0. The van der Waals surface area contributed by atoms with Crippen molar-refractivity contribution in [2.24, 2.45) is 0 Å². The number of aliphatic hydroxyl groups is 1. The van der Waals surface area contributed by atoms with Gasteiger partial charge in [-0.05, 0) is 75.0 Å². The summed E-state index contributed by atoms with van der Waals surface area (Å²) in [5.74, 6) is 0.834. The highest BCUT2D eigenvalue weighted by atomic mass is 32.2. The van der Waals surface area contributed by atoms with Crippen LogP contribution in [0.4, 0.5) is 0 Å². The number of likely N-dealkylation sites (tertiary alicyclic amines) is 1. The van der Waals surface area contributed by atoms with Gasteiger partial charge >= 0.3 is 0 Å². The first-order valence-corrected chi connectivity index (χ1v) is 12.6. The van der Waals surface area contributed by atoms with Crippen molar-refractivity contribution in [3.05, 3.63) is 53.3 Å². The Hall–Kier alpha value is -2.13. The van der Waals surface area contributed by atoms with Crippen LogP contribution in [0.5, 0.6) is 5.75 Å². The largest absolute Gasteiger partial charge is 0.497 e. The monoisotopic (exact) mass is 489 g/mol. The Balaban J connectivity index is 0.00000199. The molecule has 0 saturated carbocycles. The van der Waals surface area contributed by atoms with Crippen LogP contribution >= 0.6 is 11.9 Å². The molecule has 1 aliphatic rings. The van der Waals surface area contributed by atoms with Crippen molar-refractivity contribution >= 4 is 17.9 Å². The topological polar surface area (TPSA) is 75.1 Å². The minimum atomic E-state index is -0.913. The van der Waals surface area contributed by atoms with E-state index in [2.05, 4.69) is 23.1 Å². The number of rotatable bonds is 9. The minimum Gasteiger partial charge on any atom is -0.497 e. The molecule has 188 valence electrons. The molecule has 0 bridgehead atoms. The summed E-state index contributed by atoms with van der Waals surface area (Å²) in [6.45, 7) is 10.4. The molecule has 2 heterocycles. The standard InChI is InChI=1S/C24H33N3O4S.C2H6/c1-18-14-21(30-4)15-19(2)23(18)32-26(3)12-13-31-17-22(28)27-10-7-24(29,8-11-27)20-6-5-9-25-16-20;1-2/h5-6,9,14-16,29H,7-8,10-13,17H2,1-4H3;1-2H3. The molecule has 1 aromatic heterocycles. The predicted molar refractivity (Wildman–Crippen MR) is 137 cm³/mol. The Bertz CT molecular complexity index is 879. The second kappa shape index (κ2) is 13.7. The van der Waals surface area contributed by atoms with Crippen LogP contribution in [-0.2, 0) is 15.1 Å². The summed E-state index contributed by atoms with van der Waals surface area (Å²) >= 11 is 1.67. The maximum Gasteiger partial charge on any atom is 0.248 e. The van der Waals surface area contributed by atoms with Crippen LogP contribution in [-0.4, -0.2) is 72.2 Å². The molecule has 0 spiro atoms. The van der Waals surface area contributed by atoms with E-state index in [4.69, 9.17) is 9.47 Å². The van der Waals surface area contributed by atoms with Crippen LogP contribution in [0, 0.1) is 13.8 Å². The molecule has 3 rings (SSSR count). The fourth-order valence-corrected chi connectivity index (χ4v) is 4.75. The highest BCUT2D eigenvalue weighted by Crippen LogP contribution is 2.33. The van der Waals surface area contributed by atoms with Crippen molar-refractivity contribution < 1.29 is 19.4 Å². The zero-order valence-corrected chi connectivity index (χ0v) is 22.2. The Morgan fingerprint density at radius 2 is 1.88 bits per heavy atom. The van der Waals surface area contributed by atoms with Crippen molar-refractivity contribution in [2.75, 3.05) is 47.0 Å². The van der Waals surface area contributed by atoms with Gasteiger partial charge < -0.3 is 19.5 Å². The van der Waals surface area contributed by atoms with Gasteiger partial charge in [-0.1, -0.05) is 19.9 Å². The number of nitrogens with zero attached hydrogens (tertiary/aromatic N) is 3. The number of hydrogen-bond acceptors (Lipinski definition) is 7. The third-order valence-electron chi connectivity index (χ3n) is 5.83. The fourth-order valence-electron chi connectivity index (χ4n) is 3.87. The summed E-state index contributed by atoms with van der Waals surface area (Å²) in [6.07, 6.45) is 4.40. The number of pyridine rings is 1. The average Bonchev–Trinajstić information content (AvgIpc) is 2.86. The highest BCUT2D eigenvalue weighted by Gasteiger charge is 2.35. The van der Waals surface area contributed by atoms with Crippen molar-refractivity contribution in [1.29, 1.82) is 0 Å². The second-order valence-electron chi connectivity index (χ2n) is 8.24. The van der Waals surface area contributed by atoms with Crippen molar-refractivity contribution in [3.8, 4) is 5.75 Å². The lowest BCUT2D eigenvalue weighted by molar-refractivity contribution is -0.140. The van der Waals surface area contributed by atoms with Gasteiger partial charge in [0.25, 0.3) is 0 Å². The molecule has 1 N–H and O–H groups in total. The van der Waals surface area contributed by atoms with Crippen molar-refractivity contribution in [1.82, 2.24) is 14.2 Å². The van der Waals surface area contributed by atoms with Gasteiger partial charge in [-0.2, -0.15) is 0 Å². The van der Waals surface area contributed by atoms with Gasteiger partial charge in [-0.25, -0.2) is 4.31 Å². The van der Waals surface area contributed by atoms with Crippen LogP contribution in [0.3, 0.4) is 0 Å². The average molecular weight is 490 g/mol. The Morgan fingerprint density at radius 1 is 1.24 bits per heavy atom. The minimum absolute atomic E-state index is 0.0320. The molecule has 0 atom stereocenters. The van der Waals surface area contributed by atoms with Crippen LogP contribution in [0.15, 0.2) is 41.6 Å². The van der Waals surface area contributed by atoms with E-state index in [9.17, 15) is 9.90 Å². The molecule has 1 saturated heterocycles. The quantitative estimate of drug-likeness (QED) is 0.418. The van der Waals surface area contributed by atoms with E-state index in [-0.39, 0.29) is 12.5 Å². The van der Waals surface area contributed by atoms with E-state index in [0.717, 1.165) is 11.3 Å². The lowest BCUT2D eigenvalue weighted by Crippen LogP contribution is -2.46. The van der Waals surface area contributed by atoms with E-state index in [0.29, 0.717) is 39.1 Å². The number of piperidine rings is 1. The molecule has 1 aliphatic heterocycles. The number of amides is 1. The summed E-state index contributed by atoms with van der Waals surface area (Å²) in [4.78, 5) is 19.6. The molecule has 0 radical (unpaired) electrons. The Kier molecular flexibility index (Phi) is 11.3. The van der Waals surface area contributed by atoms with Gasteiger partial charge in [0.2, 0.25) is 5.91 Å². The SMILES string of the molecule is CC.COc1cc(C)c(SN(C)CCOCC(=O)N2CCC(O)(c3cccnc3)CC2)c(C)c1. The van der Waals surface area contributed by atoms with Gasteiger partial charge in [0, 0.05) is 42.5 Å². The van der Waals surface area contributed by atoms with Gasteiger partial charge in [-0.3, -0.25) is 9.78 Å². The van der Waals surface area contributed by atoms with E-state index < -0.39 is 5.60 Å². The number of ether oxygens (including phenoxy) is 2. The molecule has 1 aromatic carbocycles. The van der Waals surface area contributed by atoms with E-state index >= 15 is 0 Å². The summed E-state index contributed by atoms with van der Waals surface area (Å²) in [5, 5.41) is 10.9. The number of hydrogen-bond donors (Lipinski definition) is 1. The molecular weight excluding hydrogens is 450 g/mol. The summed E-state index contributed by atoms with van der Waals surface area (Å²) in [7, 11) is 3.69. The molecule has 1 fully saturated rings. The van der Waals surface area contributed by atoms with Gasteiger partial charge in [0.1, 0.15) is 12.4 Å². The zero-order chi connectivity index (χ0) is 25.1. The number of methoxy groups -OCH3 is 1. The number of carbonyl (C=O) groups is 1. The Morgan fingerprint density at radius 3 is 2.44 bits per heavy atom. The maximum absolute atomic E-state index is 12.5. The van der Waals surface area contributed by atoms with Gasteiger partial charge in [0.05, 0.1) is 19.3 Å². The fraction of sp³-hybridized carbons (Fsp3) is 0.538. The lowest BCUT2D eigenvalue weighted by Gasteiger charge is -2.38. The first kappa shape index (κ1) is 28.1. The first-order valence-electron chi connectivity index (χ1n) is 11.8.